The molecule has 1 N–H and O–H groups in total. The minimum absolute atomic E-state index is 0.0651. The van der Waals surface area contributed by atoms with Gasteiger partial charge in [0.2, 0.25) is 5.91 Å². The molecule has 1 atom stereocenters. The molecular formula is C21H25N5O2. The molecule has 1 aliphatic heterocycles. The van der Waals surface area contributed by atoms with Gasteiger partial charge in [0, 0.05) is 19.6 Å². The summed E-state index contributed by atoms with van der Waals surface area (Å²) < 4.78 is 5.32. The van der Waals surface area contributed by atoms with Crippen molar-refractivity contribution in [2.45, 2.75) is 40.2 Å². The molecule has 7 nitrogen and oxygen atoms in total. The van der Waals surface area contributed by atoms with Crippen molar-refractivity contribution in [3.8, 4) is 0 Å². The van der Waals surface area contributed by atoms with E-state index in [4.69, 9.17) is 4.52 Å². The number of anilines is 1. The second-order valence-electron chi connectivity index (χ2n) is 7.53. The first-order chi connectivity index (χ1) is 13.5. The minimum atomic E-state index is -0.0651. The van der Waals surface area contributed by atoms with Crippen LogP contribution in [0.2, 0.25) is 0 Å². The molecule has 0 saturated carbocycles. The molecule has 0 spiro atoms. The largest absolute Gasteiger partial charge is 0.355 e. The first-order valence-electron chi connectivity index (χ1n) is 9.70. The van der Waals surface area contributed by atoms with Gasteiger partial charge in [-0.15, -0.1) is 0 Å². The quantitative estimate of drug-likeness (QED) is 0.750. The van der Waals surface area contributed by atoms with Crippen LogP contribution in [0.5, 0.6) is 0 Å². The number of nitrogens with zero attached hydrogens (tertiary/aromatic N) is 4. The molecule has 7 heteroatoms. The number of amides is 1. The normalized spacial score (nSPS) is 17.1. The van der Waals surface area contributed by atoms with Crippen LogP contribution in [0, 0.1) is 26.7 Å². The molecule has 1 fully saturated rings. The van der Waals surface area contributed by atoms with Crippen LogP contribution >= 0.6 is 0 Å². The molecule has 0 radical (unpaired) electrons. The number of carbonyl (C=O) groups excluding carboxylic acids is 1. The molecule has 3 heterocycles. The lowest BCUT2D eigenvalue weighted by Gasteiger charge is -2.33. The Morgan fingerprint density at radius 1 is 1.21 bits per heavy atom. The number of hydrogen-bond acceptors (Lipinski definition) is 6. The van der Waals surface area contributed by atoms with Gasteiger partial charge in [0.05, 0.1) is 11.6 Å². The molecule has 1 saturated heterocycles. The van der Waals surface area contributed by atoms with Crippen molar-refractivity contribution in [3.05, 3.63) is 46.9 Å². The Morgan fingerprint density at radius 3 is 2.79 bits per heavy atom. The van der Waals surface area contributed by atoms with Crippen LogP contribution < -0.4 is 10.2 Å². The van der Waals surface area contributed by atoms with E-state index in [0.29, 0.717) is 24.6 Å². The number of hydrogen-bond donors (Lipinski definition) is 1. The van der Waals surface area contributed by atoms with E-state index in [1.54, 1.807) is 0 Å². The summed E-state index contributed by atoms with van der Waals surface area (Å²) >= 11 is 0. The zero-order valence-corrected chi connectivity index (χ0v) is 16.5. The number of aryl methyl sites for hydroxylation is 3. The van der Waals surface area contributed by atoms with Crippen molar-refractivity contribution in [2.24, 2.45) is 5.92 Å². The highest BCUT2D eigenvalue weighted by atomic mass is 16.5. The Hall–Kier alpha value is -2.96. The number of carbonyl (C=O) groups is 1. The molecule has 2 aromatic heterocycles. The van der Waals surface area contributed by atoms with Gasteiger partial charge in [-0.2, -0.15) is 4.98 Å². The van der Waals surface area contributed by atoms with E-state index in [9.17, 15) is 4.79 Å². The summed E-state index contributed by atoms with van der Waals surface area (Å²) in [5.41, 5.74) is 3.61. The second-order valence-corrected chi connectivity index (χ2v) is 7.53. The van der Waals surface area contributed by atoms with Gasteiger partial charge in [-0.3, -0.25) is 4.79 Å². The van der Waals surface area contributed by atoms with Crippen molar-refractivity contribution in [1.29, 1.82) is 0 Å². The number of nitrogens with one attached hydrogen (secondary N) is 1. The average Bonchev–Trinajstić information content (AvgIpc) is 3.07. The summed E-state index contributed by atoms with van der Waals surface area (Å²) in [6, 6.07) is 8.23. The Labute approximate surface area is 164 Å². The lowest BCUT2D eigenvalue weighted by atomic mass is 9.96. The van der Waals surface area contributed by atoms with Crippen molar-refractivity contribution in [1.82, 2.24) is 20.4 Å². The molecule has 146 valence electrons. The third-order valence-corrected chi connectivity index (χ3v) is 5.28. The number of fused-ring (bicyclic) bond motifs is 1. The highest BCUT2D eigenvalue weighted by Gasteiger charge is 2.28. The number of piperidine rings is 1. The molecule has 0 bridgehead atoms. The van der Waals surface area contributed by atoms with Crippen LogP contribution in [-0.2, 0) is 11.3 Å². The van der Waals surface area contributed by atoms with E-state index in [1.165, 1.54) is 5.56 Å². The van der Waals surface area contributed by atoms with Crippen LogP contribution in [0.3, 0.4) is 0 Å². The predicted molar refractivity (Wildman–Crippen MR) is 107 cm³/mol. The molecule has 4 rings (SSSR count). The fourth-order valence-electron chi connectivity index (χ4n) is 3.72. The third kappa shape index (κ3) is 3.69. The molecule has 28 heavy (non-hydrogen) atoms. The van der Waals surface area contributed by atoms with Gasteiger partial charge in [0.15, 0.2) is 0 Å². The third-order valence-electron chi connectivity index (χ3n) is 5.28. The SMILES string of the molecule is Cc1ccc(CNC(=O)[C@@H]2CCCN(c3nc(C)nc4onc(C)c34)C2)cc1. The molecular weight excluding hydrogens is 354 g/mol. The summed E-state index contributed by atoms with van der Waals surface area (Å²) in [6.45, 7) is 7.84. The van der Waals surface area contributed by atoms with Gasteiger partial charge in [-0.1, -0.05) is 35.0 Å². The van der Waals surface area contributed by atoms with Crippen molar-refractivity contribution in [3.63, 3.8) is 0 Å². The Morgan fingerprint density at radius 2 is 2.00 bits per heavy atom. The highest BCUT2D eigenvalue weighted by molar-refractivity contribution is 5.88. The van der Waals surface area contributed by atoms with Crippen LogP contribution in [0.4, 0.5) is 5.82 Å². The van der Waals surface area contributed by atoms with E-state index in [2.05, 4.69) is 56.5 Å². The monoisotopic (exact) mass is 379 g/mol. The molecule has 0 aliphatic carbocycles. The molecule has 1 amide bonds. The predicted octanol–water partition coefficient (Wildman–Crippen LogP) is 3.08. The molecule has 0 unspecified atom stereocenters. The lowest BCUT2D eigenvalue weighted by molar-refractivity contribution is -0.125. The topological polar surface area (TPSA) is 84.2 Å². The number of rotatable bonds is 4. The van der Waals surface area contributed by atoms with E-state index in [-0.39, 0.29) is 11.8 Å². The fraction of sp³-hybridized carbons (Fsp3) is 0.429. The summed E-state index contributed by atoms with van der Waals surface area (Å²) in [4.78, 5) is 23.9. The first-order valence-corrected chi connectivity index (χ1v) is 9.70. The maximum Gasteiger partial charge on any atom is 0.263 e. The Bertz CT molecular complexity index is 996. The second kappa shape index (κ2) is 7.58. The van der Waals surface area contributed by atoms with Gasteiger partial charge in [0.25, 0.3) is 5.71 Å². The standard InChI is InChI=1S/C21H25N5O2/c1-13-6-8-16(9-7-13)11-22-20(27)17-5-4-10-26(12-17)19-18-14(2)25-28-21(18)24-15(3)23-19/h6-9,17H,4-5,10-12H2,1-3H3,(H,22,27)/t17-/m1/s1. The zero-order chi connectivity index (χ0) is 19.7. The van der Waals surface area contributed by atoms with Crippen molar-refractivity contribution >= 4 is 22.8 Å². The van der Waals surface area contributed by atoms with Gasteiger partial charge < -0.3 is 14.7 Å². The maximum atomic E-state index is 12.8. The molecule has 3 aromatic rings. The van der Waals surface area contributed by atoms with Crippen molar-refractivity contribution in [2.75, 3.05) is 18.0 Å². The van der Waals surface area contributed by atoms with E-state index in [0.717, 1.165) is 41.8 Å². The van der Waals surface area contributed by atoms with Gasteiger partial charge >= 0.3 is 0 Å². The zero-order valence-electron chi connectivity index (χ0n) is 16.5. The van der Waals surface area contributed by atoms with E-state index >= 15 is 0 Å². The summed E-state index contributed by atoms with van der Waals surface area (Å²) in [5.74, 6) is 1.49. The Balaban J connectivity index is 1.48. The minimum Gasteiger partial charge on any atom is -0.355 e. The lowest BCUT2D eigenvalue weighted by Crippen LogP contribution is -2.43. The summed E-state index contributed by atoms with van der Waals surface area (Å²) in [6.07, 6.45) is 1.82. The number of benzene rings is 1. The van der Waals surface area contributed by atoms with E-state index in [1.807, 2.05) is 13.8 Å². The summed E-state index contributed by atoms with van der Waals surface area (Å²) in [5, 5.41) is 7.96. The van der Waals surface area contributed by atoms with Crippen LogP contribution in [0.15, 0.2) is 28.8 Å². The van der Waals surface area contributed by atoms with Gasteiger partial charge in [-0.05, 0) is 39.2 Å². The molecule has 1 aromatic carbocycles. The highest BCUT2D eigenvalue weighted by Crippen LogP contribution is 2.30. The molecule has 1 aliphatic rings. The van der Waals surface area contributed by atoms with Crippen LogP contribution in [0.25, 0.3) is 11.1 Å². The van der Waals surface area contributed by atoms with Gasteiger partial charge in [0.1, 0.15) is 17.0 Å². The van der Waals surface area contributed by atoms with Crippen LogP contribution in [0.1, 0.15) is 35.5 Å². The van der Waals surface area contributed by atoms with Crippen molar-refractivity contribution < 1.29 is 9.32 Å². The Kier molecular flexibility index (Phi) is 4.98. The smallest absolute Gasteiger partial charge is 0.263 e. The fourth-order valence-corrected chi connectivity index (χ4v) is 3.72. The summed E-state index contributed by atoms with van der Waals surface area (Å²) in [7, 11) is 0. The first kappa shape index (κ1) is 18.4. The van der Waals surface area contributed by atoms with E-state index < -0.39 is 0 Å². The van der Waals surface area contributed by atoms with Crippen LogP contribution in [-0.4, -0.2) is 34.1 Å². The number of aromatic nitrogens is 3. The average molecular weight is 379 g/mol. The maximum absolute atomic E-state index is 12.8. The van der Waals surface area contributed by atoms with Gasteiger partial charge in [-0.25, -0.2) is 4.98 Å².